The normalized spacial score (nSPS) is 8.86. The van der Waals surface area contributed by atoms with Crippen LogP contribution in [0.2, 0.25) is 0 Å². The van der Waals surface area contributed by atoms with Crippen LogP contribution in [-0.2, 0) is 4.79 Å². The zero-order chi connectivity index (χ0) is 5.70. The van der Waals surface area contributed by atoms with Crippen molar-refractivity contribution in [2.45, 2.75) is 12.8 Å². The van der Waals surface area contributed by atoms with Crippen molar-refractivity contribution >= 4 is 36.6 Å². The standard InChI is InChI=1S/C4H6Br2O/c5-3-1-2-4(6)7/h1-3H2. The molecule has 0 aliphatic heterocycles. The van der Waals surface area contributed by atoms with Gasteiger partial charge < -0.3 is 0 Å². The molecular weight excluding hydrogens is 224 g/mol. The number of hydrogen-bond donors (Lipinski definition) is 0. The lowest BCUT2D eigenvalue weighted by atomic mass is 10.4. The first-order chi connectivity index (χ1) is 3.27. The summed E-state index contributed by atoms with van der Waals surface area (Å²) in [5.74, 6) is 0. The number of carbonyl (C=O) groups excluding carboxylic acids is 1. The van der Waals surface area contributed by atoms with Gasteiger partial charge in [0.25, 0.3) is 0 Å². The highest BCUT2D eigenvalue weighted by Gasteiger charge is 1.90. The number of carbonyl (C=O) groups is 1. The van der Waals surface area contributed by atoms with Crippen LogP contribution in [0.25, 0.3) is 0 Å². The van der Waals surface area contributed by atoms with E-state index in [1.165, 1.54) is 0 Å². The molecule has 0 aliphatic carbocycles. The average molecular weight is 230 g/mol. The Bertz CT molecular complexity index is 62.7. The topological polar surface area (TPSA) is 17.1 Å². The maximum absolute atomic E-state index is 10.1. The van der Waals surface area contributed by atoms with Crippen molar-refractivity contribution in [1.29, 1.82) is 0 Å². The van der Waals surface area contributed by atoms with E-state index in [0.717, 1.165) is 11.8 Å². The minimum Gasteiger partial charge on any atom is -0.287 e. The third-order valence-electron chi connectivity index (χ3n) is 0.507. The van der Waals surface area contributed by atoms with Gasteiger partial charge in [0.15, 0.2) is 4.69 Å². The first-order valence-corrected chi connectivity index (χ1v) is 3.93. The van der Waals surface area contributed by atoms with E-state index in [2.05, 4.69) is 31.9 Å². The lowest BCUT2D eigenvalue weighted by molar-refractivity contribution is -0.110. The maximum atomic E-state index is 10.1. The Morgan fingerprint density at radius 1 is 1.57 bits per heavy atom. The maximum Gasteiger partial charge on any atom is 0.197 e. The predicted molar refractivity (Wildman–Crippen MR) is 37.0 cm³/mol. The Hall–Kier alpha value is 0.630. The minimum absolute atomic E-state index is 0.0898. The highest BCUT2D eigenvalue weighted by Crippen LogP contribution is 1.98. The van der Waals surface area contributed by atoms with Crippen molar-refractivity contribution in [2.75, 3.05) is 5.33 Å². The van der Waals surface area contributed by atoms with Gasteiger partial charge in [-0.2, -0.15) is 0 Å². The SMILES string of the molecule is O=C(Br)CCCBr. The number of halogens is 2. The molecule has 42 valence electrons. The molecule has 0 atom stereocenters. The van der Waals surface area contributed by atoms with E-state index in [4.69, 9.17) is 0 Å². The van der Waals surface area contributed by atoms with Crippen molar-refractivity contribution in [3.05, 3.63) is 0 Å². The summed E-state index contributed by atoms with van der Waals surface area (Å²) in [6.45, 7) is 0. The minimum atomic E-state index is 0.0898. The predicted octanol–water partition coefficient (Wildman–Crippen LogP) is 2.08. The Kier molecular flexibility index (Phi) is 5.21. The van der Waals surface area contributed by atoms with E-state index in [1.54, 1.807) is 0 Å². The first-order valence-electron chi connectivity index (χ1n) is 2.01. The molecule has 0 aliphatic rings. The van der Waals surface area contributed by atoms with Gasteiger partial charge in [0, 0.05) is 11.8 Å². The molecule has 3 heteroatoms. The number of rotatable bonds is 3. The number of hydrogen-bond acceptors (Lipinski definition) is 1. The summed E-state index contributed by atoms with van der Waals surface area (Å²) in [4.78, 5) is 10.1. The van der Waals surface area contributed by atoms with Crippen LogP contribution in [0, 0.1) is 0 Å². The van der Waals surface area contributed by atoms with Crippen LogP contribution in [0.15, 0.2) is 0 Å². The molecule has 0 heterocycles. The molecule has 0 rings (SSSR count). The van der Waals surface area contributed by atoms with Gasteiger partial charge in [0.05, 0.1) is 0 Å². The van der Waals surface area contributed by atoms with Crippen molar-refractivity contribution in [3.8, 4) is 0 Å². The third-order valence-corrected chi connectivity index (χ3v) is 1.46. The van der Waals surface area contributed by atoms with E-state index < -0.39 is 0 Å². The van der Waals surface area contributed by atoms with Crippen molar-refractivity contribution in [3.63, 3.8) is 0 Å². The molecule has 0 amide bonds. The Balaban J connectivity index is 2.82. The second kappa shape index (κ2) is 4.78. The van der Waals surface area contributed by atoms with Gasteiger partial charge in [-0.15, -0.1) is 0 Å². The highest BCUT2D eigenvalue weighted by atomic mass is 79.9. The second-order valence-electron chi connectivity index (χ2n) is 1.15. The van der Waals surface area contributed by atoms with Gasteiger partial charge in [-0.3, -0.25) is 4.79 Å². The Morgan fingerprint density at radius 3 is 2.29 bits per heavy atom. The fraction of sp³-hybridized carbons (Fsp3) is 0.750. The van der Waals surface area contributed by atoms with Crippen LogP contribution in [0.4, 0.5) is 0 Å². The molecule has 0 spiro atoms. The molecule has 0 saturated heterocycles. The van der Waals surface area contributed by atoms with Gasteiger partial charge >= 0.3 is 0 Å². The molecule has 1 nitrogen and oxygen atoms in total. The van der Waals surface area contributed by atoms with Crippen molar-refractivity contribution in [1.82, 2.24) is 0 Å². The summed E-state index contributed by atoms with van der Waals surface area (Å²) < 4.78 is 0.0898. The highest BCUT2D eigenvalue weighted by molar-refractivity contribution is 9.18. The lowest BCUT2D eigenvalue weighted by Crippen LogP contribution is -1.83. The quantitative estimate of drug-likeness (QED) is 0.535. The van der Waals surface area contributed by atoms with Gasteiger partial charge in [-0.1, -0.05) is 15.9 Å². The molecule has 0 aromatic rings. The van der Waals surface area contributed by atoms with Crippen LogP contribution < -0.4 is 0 Å². The average Bonchev–Trinajstić information content (AvgIpc) is 1.61. The number of alkyl halides is 1. The zero-order valence-electron chi connectivity index (χ0n) is 3.79. The molecule has 0 aromatic heterocycles. The smallest absolute Gasteiger partial charge is 0.197 e. The van der Waals surface area contributed by atoms with Gasteiger partial charge in [0.2, 0.25) is 0 Å². The Morgan fingerprint density at radius 2 is 2.14 bits per heavy atom. The van der Waals surface area contributed by atoms with Crippen LogP contribution in [0.3, 0.4) is 0 Å². The molecule has 0 unspecified atom stereocenters. The van der Waals surface area contributed by atoms with E-state index in [9.17, 15) is 4.79 Å². The van der Waals surface area contributed by atoms with E-state index >= 15 is 0 Å². The molecule has 7 heavy (non-hydrogen) atoms. The summed E-state index contributed by atoms with van der Waals surface area (Å²) in [5.41, 5.74) is 0. The zero-order valence-corrected chi connectivity index (χ0v) is 6.96. The lowest BCUT2D eigenvalue weighted by Gasteiger charge is -1.83. The summed E-state index contributed by atoms with van der Waals surface area (Å²) in [5, 5.41) is 0.907. The van der Waals surface area contributed by atoms with Crippen LogP contribution >= 0.6 is 31.9 Å². The van der Waals surface area contributed by atoms with E-state index in [1.807, 2.05) is 0 Å². The van der Waals surface area contributed by atoms with Crippen LogP contribution in [0.5, 0.6) is 0 Å². The molecule has 0 bridgehead atoms. The first kappa shape index (κ1) is 7.63. The largest absolute Gasteiger partial charge is 0.287 e. The Labute approximate surface area is 59.7 Å². The van der Waals surface area contributed by atoms with E-state index in [-0.39, 0.29) is 4.69 Å². The fourth-order valence-electron chi connectivity index (χ4n) is 0.206. The summed E-state index contributed by atoms with van der Waals surface area (Å²) in [7, 11) is 0. The molecule has 0 fully saturated rings. The third kappa shape index (κ3) is 6.63. The molecule has 0 N–H and O–H groups in total. The second-order valence-corrected chi connectivity index (χ2v) is 2.83. The monoisotopic (exact) mass is 228 g/mol. The van der Waals surface area contributed by atoms with Crippen molar-refractivity contribution in [2.24, 2.45) is 0 Å². The summed E-state index contributed by atoms with van der Waals surface area (Å²) in [6.07, 6.45) is 1.55. The van der Waals surface area contributed by atoms with Crippen LogP contribution in [-0.4, -0.2) is 10.0 Å². The van der Waals surface area contributed by atoms with E-state index in [0.29, 0.717) is 6.42 Å². The summed E-state index contributed by atoms with van der Waals surface area (Å²) >= 11 is 6.02. The fourth-order valence-corrected chi connectivity index (χ4v) is 0.767. The van der Waals surface area contributed by atoms with Crippen molar-refractivity contribution < 1.29 is 4.79 Å². The molecule has 0 radical (unpaired) electrons. The van der Waals surface area contributed by atoms with Gasteiger partial charge in [0.1, 0.15) is 0 Å². The summed E-state index contributed by atoms with van der Waals surface area (Å²) in [6, 6.07) is 0. The molecular formula is C4H6Br2O. The van der Waals surface area contributed by atoms with Gasteiger partial charge in [-0.05, 0) is 22.4 Å². The molecule has 0 aromatic carbocycles. The molecule has 0 saturated carbocycles. The van der Waals surface area contributed by atoms with Gasteiger partial charge in [-0.25, -0.2) is 0 Å². The van der Waals surface area contributed by atoms with Crippen LogP contribution in [0.1, 0.15) is 12.8 Å².